The molecule has 1 aromatic carbocycles. The number of hydrogen-bond donors (Lipinski definition) is 1. The first kappa shape index (κ1) is 8.92. The van der Waals surface area contributed by atoms with Crippen molar-refractivity contribution in [1.82, 2.24) is 5.32 Å². The summed E-state index contributed by atoms with van der Waals surface area (Å²) >= 11 is 0. The molecule has 0 aliphatic carbocycles. The van der Waals surface area contributed by atoms with E-state index in [2.05, 4.69) is 36.5 Å². The lowest BCUT2D eigenvalue weighted by Crippen LogP contribution is -2.03. The van der Waals surface area contributed by atoms with Gasteiger partial charge in [-0.2, -0.15) is 0 Å². The normalized spacial score (nSPS) is 10.4. The van der Waals surface area contributed by atoms with Crippen molar-refractivity contribution in [2.45, 2.75) is 13.5 Å². The van der Waals surface area contributed by atoms with Crippen LogP contribution in [-0.4, -0.2) is 7.85 Å². The zero-order chi connectivity index (χ0) is 8.81. The Morgan fingerprint density at radius 2 is 2.00 bits per heavy atom. The summed E-state index contributed by atoms with van der Waals surface area (Å²) in [7, 11) is 2.00. The molecular weight excluding hydrogens is 145 g/mol. The smallest absolute Gasteiger partial charge is 0.131 e. The van der Waals surface area contributed by atoms with Gasteiger partial charge in [0, 0.05) is 6.54 Å². The fourth-order valence-electron chi connectivity index (χ4n) is 1.00. The average molecular weight is 159 g/mol. The molecule has 0 radical (unpaired) electrons. The number of hydrogen-bond acceptors (Lipinski definition) is 1. The SMILES string of the molecule is B/C=C/NCc1ccc(C)cc1. The number of rotatable bonds is 3. The van der Waals surface area contributed by atoms with Crippen LogP contribution in [0.15, 0.2) is 36.4 Å². The Balaban J connectivity index is 2.47. The summed E-state index contributed by atoms with van der Waals surface area (Å²) < 4.78 is 0. The molecule has 0 aliphatic heterocycles. The lowest BCUT2D eigenvalue weighted by Gasteiger charge is -2.00. The molecule has 0 fully saturated rings. The molecule has 0 aliphatic rings. The van der Waals surface area contributed by atoms with Crippen LogP contribution in [-0.2, 0) is 6.54 Å². The van der Waals surface area contributed by atoms with Gasteiger partial charge in [0.1, 0.15) is 7.85 Å². The second-order valence-electron chi connectivity index (χ2n) is 2.87. The van der Waals surface area contributed by atoms with Crippen LogP contribution in [0.25, 0.3) is 0 Å². The van der Waals surface area contributed by atoms with E-state index in [-0.39, 0.29) is 0 Å². The first-order valence-electron chi connectivity index (χ1n) is 4.23. The highest BCUT2D eigenvalue weighted by molar-refractivity contribution is 6.16. The molecule has 1 N–H and O–H groups in total. The van der Waals surface area contributed by atoms with Crippen LogP contribution >= 0.6 is 0 Å². The molecule has 1 aromatic rings. The Morgan fingerprint density at radius 3 is 2.58 bits per heavy atom. The maximum Gasteiger partial charge on any atom is 0.131 e. The van der Waals surface area contributed by atoms with Crippen molar-refractivity contribution < 1.29 is 0 Å². The summed E-state index contributed by atoms with van der Waals surface area (Å²) in [5.41, 5.74) is 2.63. The highest BCUT2D eigenvalue weighted by Crippen LogP contribution is 2.01. The van der Waals surface area contributed by atoms with Gasteiger partial charge < -0.3 is 5.32 Å². The predicted molar refractivity (Wildman–Crippen MR) is 55.7 cm³/mol. The van der Waals surface area contributed by atoms with Gasteiger partial charge in [0.15, 0.2) is 0 Å². The third kappa shape index (κ3) is 2.83. The maximum absolute atomic E-state index is 3.19. The van der Waals surface area contributed by atoms with Gasteiger partial charge in [0.2, 0.25) is 0 Å². The predicted octanol–water partition coefficient (Wildman–Crippen LogP) is 1.19. The van der Waals surface area contributed by atoms with Crippen molar-refractivity contribution in [3.63, 3.8) is 0 Å². The van der Waals surface area contributed by atoms with Crippen LogP contribution in [0.2, 0.25) is 0 Å². The van der Waals surface area contributed by atoms with Crippen LogP contribution in [0.5, 0.6) is 0 Å². The van der Waals surface area contributed by atoms with E-state index in [0.29, 0.717) is 0 Å². The maximum atomic E-state index is 3.19. The van der Waals surface area contributed by atoms with Crippen LogP contribution in [0.1, 0.15) is 11.1 Å². The molecule has 0 heterocycles. The van der Waals surface area contributed by atoms with Crippen molar-refractivity contribution in [3.8, 4) is 0 Å². The Labute approximate surface area is 74.9 Å². The minimum atomic E-state index is 0.907. The largest absolute Gasteiger partial charge is 0.388 e. The monoisotopic (exact) mass is 159 g/mol. The summed E-state index contributed by atoms with van der Waals surface area (Å²) in [5, 5.41) is 3.19. The first-order valence-corrected chi connectivity index (χ1v) is 4.23. The Morgan fingerprint density at radius 1 is 1.33 bits per heavy atom. The fraction of sp³-hybridized carbons (Fsp3) is 0.200. The molecule has 0 atom stereocenters. The van der Waals surface area contributed by atoms with Gasteiger partial charge in [0.05, 0.1) is 0 Å². The summed E-state index contributed by atoms with van der Waals surface area (Å²) in [5.74, 6) is 1.99. The van der Waals surface area contributed by atoms with Crippen molar-refractivity contribution >= 4 is 7.85 Å². The topological polar surface area (TPSA) is 12.0 Å². The molecule has 12 heavy (non-hydrogen) atoms. The van der Waals surface area contributed by atoms with Gasteiger partial charge in [-0.05, 0) is 18.7 Å². The molecule has 62 valence electrons. The molecule has 1 rings (SSSR count). The third-order valence-electron chi connectivity index (χ3n) is 1.71. The fourth-order valence-corrected chi connectivity index (χ4v) is 1.00. The molecular formula is C10H14BN. The quantitative estimate of drug-likeness (QED) is 0.653. The van der Waals surface area contributed by atoms with E-state index in [9.17, 15) is 0 Å². The molecule has 0 bridgehead atoms. The van der Waals surface area contributed by atoms with Crippen LogP contribution in [0, 0.1) is 6.92 Å². The van der Waals surface area contributed by atoms with E-state index in [4.69, 9.17) is 0 Å². The Bertz CT molecular complexity index is 251. The van der Waals surface area contributed by atoms with Crippen molar-refractivity contribution in [2.75, 3.05) is 0 Å². The minimum absolute atomic E-state index is 0.907. The molecule has 0 saturated heterocycles. The average Bonchev–Trinajstić information content (AvgIpc) is 2.09. The lowest BCUT2D eigenvalue weighted by atomic mass is 10.1. The van der Waals surface area contributed by atoms with E-state index in [1.165, 1.54) is 11.1 Å². The second-order valence-corrected chi connectivity index (χ2v) is 2.87. The number of benzene rings is 1. The van der Waals surface area contributed by atoms with Gasteiger partial charge in [-0.3, -0.25) is 0 Å². The number of nitrogens with one attached hydrogen (secondary N) is 1. The van der Waals surface area contributed by atoms with Crippen molar-refractivity contribution in [1.29, 1.82) is 0 Å². The molecule has 0 spiro atoms. The van der Waals surface area contributed by atoms with E-state index < -0.39 is 0 Å². The van der Waals surface area contributed by atoms with E-state index >= 15 is 0 Å². The van der Waals surface area contributed by atoms with E-state index in [0.717, 1.165) is 6.54 Å². The first-order chi connectivity index (χ1) is 5.83. The highest BCUT2D eigenvalue weighted by Gasteiger charge is 1.88. The second kappa shape index (κ2) is 4.65. The van der Waals surface area contributed by atoms with E-state index in [1.807, 2.05) is 20.0 Å². The summed E-state index contributed by atoms with van der Waals surface area (Å²) in [6.45, 7) is 3.01. The van der Waals surface area contributed by atoms with E-state index in [1.54, 1.807) is 0 Å². The molecule has 0 aromatic heterocycles. The molecule has 0 saturated carbocycles. The van der Waals surface area contributed by atoms with Crippen molar-refractivity contribution in [2.24, 2.45) is 0 Å². The standard InChI is InChI=1S/C10H14BN/c1-9-2-4-10(5-3-9)8-12-7-6-11/h2-7,12H,8,11H2,1H3/b7-6+. The van der Waals surface area contributed by atoms with Crippen LogP contribution < -0.4 is 5.32 Å². The molecule has 0 unspecified atom stereocenters. The highest BCUT2D eigenvalue weighted by atomic mass is 14.8. The molecule has 0 amide bonds. The minimum Gasteiger partial charge on any atom is -0.388 e. The third-order valence-corrected chi connectivity index (χ3v) is 1.71. The zero-order valence-corrected chi connectivity index (χ0v) is 7.67. The Hall–Kier alpha value is -1.18. The summed E-state index contributed by atoms with van der Waals surface area (Å²) in [4.78, 5) is 0. The summed E-state index contributed by atoms with van der Waals surface area (Å²) in [6, 6.07) is 8.55. The van der Waals surface area contributed by atoms with Crippen molar-refractivity contribution in [3.05, 3.63) is 47.6 Å². The van der Waals surface area contributed by atoms with Crippen LogP contribution in [0.3, 0.4) is 0 Å². The number of aryl methyl sites for hydroxylation is 1. The van der Waals surface area contributed by atoms with Gasteiger partial charge in [-0.15, -0.1) is 5.98 Å². The lowest BCUT2D eigenvalue weighted by molar-refractivity contribution is 0.871. The van der Waals surface area contributed by atoms with Gasteiger partial charge in [-0.25, -0.2) is 0 Å². The Kier molecular flexibility index (Phi) is 3.46. The van der Waals surface area contributed by atoms with Gasteiger partial charge in [-0.1, -0.05) is 29.8 Å². The summed E-state index contributed by atoms with van der Waals surface area (Å²) in [6.07, 6.45) is 1.96. The molecule has 2 heteroatoms. The van der Waals surface area contributed by atoms with Gasteiger partial charge >= 0.3 is 0 Å². The zero-order valence-electron chi connectivity index (χ0n) is 7.67. The van der Waals surface area contributed by atoms with Gasteiger partial charge in [0.25, 0.3) is 0 Å². The van der Waals surface area contributed by atoms with Crippen LogP contribution in [0.4, 0.5) is 0 Å². The molecule has 1 nitrogen and oxygen atoms in total.